The Morgan fingerprint density at radius 1 is 1.42 bits per heavy atom. The van der Waals surface area contributed by atoms with Gasteiger partial charge < -0.3 is 9.59 Å². The Labute approximate surface area is 74.6 Å². The number of hydrogen-bond acceptors (Lipinski definition) is 1. The van der Waals surface area contributed by atoms with Crippen molar-refractivity contribution >= 4 is 5.97 Å². The molecule has 0 spiro atoms. The normalized spacial score (nSPS) is 12.1. The van der Waals surface area contributed by atoms with Gasteiger partial charge in [0.1, 0.15) is 0 Å². The highest BCUT2D eigenvalue weighted by Crippen LogP contribution is 2.07. The molecule has 0 atom stereocenters. The van der Waals surface area contributed by atoms with Crippen LogP contribution in [0.5, 0.6) is 0 Å². The van der Waals surface area contributed by atoms with Gasteiger partial charge in [-0.3, -0.25) is 4.79 Å². The van der Waals surface area contributed by atoms with E-state index in [0.29, 0.717) is 6.04 Å². The lowest BCUT2D eigenvalue weighted by atomic mass is 10.2. The van der Waals surface area contributed by atoms with Gasteiger partial charge in [0.25, 0.3) is 0 Å². The molecule has 0 saturated heterocycles. The van der Waals surface area contributed by atoms with Crippen molar-refractivity contribution in [3.63, 3.8) is 0 Å². The zero-order valence-electron chi connectivity index (χ0n) is 8.50. The van der Waals surface area contributed by atoms with E-state index in [1.54, 1.807) is 0 Å². The molecule has 0 aliphatic heterocycles. The van der Waals surface area contributed by atoms with E-state index in [9.17, 15) is 4.79 Å². The smallest absolute Gasteiger partial charge is 0.303 e. The van der Waals surface area contributed by atoms with Crippen LogP contribution in [0.1, 0.15) is 26.7 Å². The Bertz CT molecular complexity index is 153. The van der Waals surface area contributed by atoms with E-state index >= 15 is 0 Å². The van der Waals surface area contributed by atoms with E-state index in [-0.39, 0.29) is 6.42 Å². The van der Waals surface area contributed by atoms with E-state index in [2.05, 4.69) is 27.9 Å². The Hall–Kier alpha value is -0.570. The third kappa shape index (κ3) is 4.34. The van der Waals surface area contributed by atoms with Crippen molar-refractivity contribution in [2.45, 2.75) is 32.7 Å². The van der Waals surface area contributed by atoms with Crippen LogP contribution in [0.3, 0.4) is 0 Å². The van der Waals surface area contributed by atoms with Gasteiger partial charge in [-0.2, -0.15) is 0 Å². The van der Waals surface area contributed by atoms with E-state index in [1.807, 2.05) is 0 Å². The van der Waals surface area contributed by atoms with Crippen molar-refractivity contribution in [1.82, 2.24) is 0 Å². The van der Waals surface area contributed by atoms with Crippen molar-refractivity contribution in [2.75, 3.05) is 20.6 Å². The molecule has 0 aromatic rings. The number of carboxylic acid groups (broad SMARTS) is 1. The SMILES string of the molecule is CC(C)[N+](C)(C)CCCC(=O)O. The zero-order valence-corrected chi connectivity index (χ0v) is 8.50. The molecule has 0 amide bonds. The monoisotopic (exact) mass is 174 g/mol. The first kappa shape index (κ1) is 11.4. The molecular formula is C9H20NO2+. The fourth-order valence-corrected chi connectivity index (χ4v) is 0.896. The number of aliphatic carboxylic acids is 1. The minimum atomic E-state index is -0.696. The van der Waals surface area contributed by atoms with Gasteiger partial charge in [-0.05, 0) is 13.8 Å². The summed E-state index contributed by atoms with van der Waals surface area (Å²) in [6, 6.07) is 0.554. The molecule has 0 rings (SSSR count). The van der Waals surface area contributed by atoms with Gasteiger partial charge in [-0.15, -0.1) is 0 Å². The Morgan fingerprint density at radius 2 is 1.92 bits per heavy atom. The number of hydrogen-bond donors (Lipinski definition) is 1. The minimum Gasteiger partial charge on any atom is -0.481 e. The number of rotatable bonds is 5. The maximum Gasteiger partial charge on any atom is 0.303 e. The summed E-state index contributed by atoms with van der Waals surface area (Å²) in [4.78, 5) is 10.2. The number of carbonyl (C=O) groups is 1. The highest BCUT2D eigenvalue weighted by molar-refractivity contribution is 5.66. The largest absolute Gasteiger partial charge is 0.481 e. The van der Waals surface area contributed by atoms with Crippen LogP contribution >= 0.6 is 0 Å². The Balaban J connectivity index is 3.69. The van der Waals surface area contributed by atoms with E-state index in [1.165, 1.54) is 0 Å². The summed E-state index contributed by atoms with van der Waals surface area (Å²) in [6.07, 6.45) is 1.05. The van der Waals surface area contributed by atoms with E-state index < -0.39 is 5.97 Å². The maximum atomic E-state index is 10.2. The van der Waals surface area contributed by atoms with E-state index in [4.69, 9.17) is 5.11 Å². The molecule has 3 nitrogen and oxygen atoms in total. The van der Waals surface area contributed by atoms with Crippen LogP contribution in [-0.4, -0.2) is 42.2 Å². The molecule has 3 heteroatoms. The third-order valence-electron chi connectivity index (χ3n) is 2.52. The average Bonchev–Trinajstić information content (AvgIpc) is 1.85. The first-order chi connectivity index (χ1) is 5.36. The predicted molar refractivity (Wildman–Crippen MR) is 49.0 cm³/mol. The molecule has 0 aromatic carbocycles. The number of carboxylic acids is 1. The van der Waals surface area contributed by atoms with Crippen molar-refractivity contribution in [2.24, 2.45) is 0 Å². The van der Waals surface area contributed by atoms with Gasteiger partial charge in [0.05, 0.1) is 33.1 Å². The van der Waals surface area contributed by atoms with Crippen LogP contribution in [0.2, 0.25) is 0 Å². The van der Waals surface area contributed by atoms with Crippen molar-refractivity contribution < 1.29 is 14.4 Å². The first-order valence-electron chi connectivity index (χ1n) is 4.40. The summed E-state index contributed by atoms with van der Waals surface area (Å²) in [6.45, 7) is 5.24. The summed E-state index contributed by atoms with van der Waals surface area (Å²) >= 11 is 0. The average molecular weight is 174 g/mol. The highest BCUT2D eigenvalue weighted by Gasteiger charge is 2.18. The molecule has 72 valence electrons. The van der Waals surface area contributed by atoms with Gasteiger partial charge in [-0.1, -0.05) is 0 Å². The summed E-state index contributed by atoms with van der Waals surface area (Å²) in [7, 11) is 4.26. The molecule has 0 radical (unpaired) electrons. The van der Waals surface area contributed by atoms with Gasteiger partial charge in [0.15, 0.2) is 0 Å². The quantitative estimate of drug-likeness (QED) is 0.638. The summed E-state index contributed by atoms with van der Waals surface area (Å²) in [5.74, 6) is -0.696. The van der Waals surface area contributed by atoms with Gasteiger partial charge in [0.2, 0.25) is 0 Å². The standard InChI is InChI=1S/C9H19NO2/c1-8(2)10(3,4)7-5-6-9(11)12/h8H,5-7H2,1-4H3/p+1. The van der Waals surface area contributed by atoms with Crippen LogP contribution in [0.15, 0.2) is 0 Å². The molecule has 0 fully saturated rings. The second kappa shape index (κ2) is 4.45. The van der Waals surface area contributed by atoms with Crippen LogP contribution in [0, 0.1) is 0 Å². The molecule has 0 bridgehead atoms. The van der Waals surface area contributed by atoms with Crippen LogP contribution in [-0.2, 0) is 4.79 Å². The highest BCUT2D eigenvalue weighted by atomic mass is 16.4. The molecule has 1 N–H and O–H groups in total. The van der Waals surface area contributed by atoms with E-state index in [0.717, 1.165) is 17.4 Å². The molecule has 0 aromatic heterocycles. The molecular weight excluding hydrogens is 154 g/mol. The number of quaternary nitrogens is 1. The maximum absolute atomic E-state index is 10.2. The lowest BCUT2D eigenvalue weighted by molar-refractivity contribution is -0.911. The first-order valence-corrected chi connectivity index (χ1v) is 4.40. The predicted octanol–water partition coefficient (Wildman–Crippen LogP) is 1.34. The lowest BCUT2D eigenvalue weighted by Crippen LogP contribution is -2.46. The second-order valence-electron chi connectivity index (χ2n) is 4.09. The van der Waals surface area contributed by atoms with Gasteiger partial charge in [-0.25, -0.2) is 0 Å². The fourth-order valence-electron chi connectivity index (χ4n) is 0.896. The summed E-state index contributed by atoms with van der Waals surface area (Å²) < 4.78 is 0.896. The fraction of sp³-hybridized carbons (Fsp3) is 0.889. The summed E-state index contributed by atoms with van der Waals surface area (Å²) in [5.41, 5.74) is 0. The van der Waals surface area contributed by atoms with Crippen LogP contribution in [0.4, 0.5) is 0 Å². The third-order valence-corrected chi connectivity index (χ3v) is 2.52. The molecule has 0 unspecified atom stereocenters. The van der Waals surface area contributed by atoms with Crippen LogP contribution < -0.4 is 0 Å². The number of nitrogens with zero attached hydrogens (tertiary/aromatic N) is 1. The Morgan fingerprint density at radius 3 is 2.25 bits per heavy atom. The Kier molecular flexibility index (Phi) is 4.24. The van der Waals surface area contributed by atoms with Gasteiger partial charge >= 0.3 is 5.97 Å². The summed E-state index contributed by atoms with van der Waals surface area (Å²) in [5, 5.41) is 8.44. The second-order valence-corrected chi connectivity index (χ2v) is 4.09. The molecule has 0 aliphatic rings. The van der Waals surface area contributed by atoms with Crippen LogP contribution in [0.25, 0.3) is 0 Å². The zero-order chi connectivity index (χ0) is 9.78. The minimum absolute atomic E-state index is 0.286. The molecule has 12 heavy (non-hydrogen) atoms. The van der Waals surface area contributed by atoms with Gasteiger partial charge in [0, 0.05) is 6.42 Å². The molecule has 0 heterocycles. The van der Waals surface area contributed by atoms with Crippen molar-refractivity contribution in [1.29, 1.82) is 0 Å². The molecule has 0 aliphatic carbocycles. The lowest BCUT2D eigenvalue weighted by Gasteiger charge is -2.34. The molecule has 0 saturated carbocycles. The van der Waals surface area contributed by atoms with Crippen molar-refractivity contribution in [3.8, 4) is 0 Å². The van der Waals surface area contributed by atoms with Crippen molar-refractivity contribution in [3.05, 3.63) is 0 Å². The topological polar surface area (TPSA) is 37.3 Å².